The number of nitrogens with one attached hydrogen (secondary N) is 1. The molecule has 0 radical (unpaired) electrons. The standard InChI is InChI=1S/C20H20N4O2/c25-18(24-14-12-15-7-4-5-10-17(15)24)11-6-13-21-20-22-19(26-23-20)16-8-2-1-3-9-16/h1-5,7-10H,6,11-14H2,(H,21,23). The second kappa shape index (κ2) is 7.39. The molecule has 1 aliphatic rings. The Hall–Kier alpha value is -3.15. The van der Waals surface area contributed by atoms with E-state index in [4.69, 9.17) is 4.52 Å². The highest BCUT2D eigenvalue weighted by Gasteiger charge is 2.23. The van der Waals surface area contributed by atoms with Gasteiger partial charge in [0, 0.05) is 30.8 Å². The molecule has 1 amide bonds. The van der Waals surface area contributed by atoms with Crippen molar-refractivity contribution in [3.63, 3.8) is 0 Å². The molecule has 0 unspecified atom stereocenters. The average molecular weight is 348 g/mol. The van der Waals surface area contributed by atoms with Crippen LogP contribution in [-0.2, 0) is 11.2 Å². The van der Waals surface area contributed by atoms with E-state index in [9.17, 15) is 4.79 Å². The van der Waals surface area contributed by atoms with Crippen molar-refractivity contribution >= 4 is 17.5 Å². The molecule has 0 spiro atoms. The molecule has 0 bridgehead atoms. The Morgan fingerprint density at radius 1 is 1.12 bits per heavy atom. The lowest BCUT2D eigenvalue weighted by Gasteiger charge is -2.17. The smallest absolute Gasteiger partial charge is 0.263 e. The summed E-state index contributed by atoms with van der Waals surface area (Å²) >= 11 is 0. The quantitative estimate of drug-likeness (QED) is 0.690. The maximum atomic E-state index is 12.5. The highest BCUT2D eigenvalue weighted by molar-refractivity contribution is 5.95. The van der Waals surface area contributed by atoms with E-state index in [0.29, 0.717) is 31.2 Å². The Bertz CT molecular complexity index is 892. The summed E-state index contributed by atoms with van der Waals surface area (Å²) in [6.07, 6.45) is 2.14. The van der Waals surface area contributed by atoms with E-state index >= 15 is 0 Å². The fourth-order valence-electron chi connectivity index (χ4n) is 3.17. The molecule has 132 valence electrons. The number of carbonyl (C=O) groups excluding carboxylic acids is 1. The highest BCUT2D eigenvalue weighted by Crippen LogP contribution is 2.28. The number of amides is 1. The summed E-state index contributed by atoms with van der Waals surface area (Å²) in [5.41, 5.74) is 3.19. The summed E-state index contributed by atoms with van der Waals surface area (Å²) in [5.74, 6) is 1.09. The molecule has 0 fully saturated rings. The van der Waals surface area contributed by atoms with E-state index in [1.54, 1.807) is 0 Å². The van der Waals surface area contributed by atoms with Gasteiger partial charge in [-0.2, -0.15) is 4.98 Å². The summed E-state index contributed by atoms with van der Waals surface area (Å²) in [6.45, 7) is 1.39. The van der Waals surface area contributed by atoms with Crippen LogP contribution in [0.3, 0.4) is 0 Å². The zero-order valence-electron chi connectivity index (χ0n) is 14.4. The van der Waals surface area contributed by atoms with Crippen molar-refractivity contribution < 1.29 is 9.32 Å². The lowest BCUT2D eigenvalue weighted by atomic mass is 10.2. The topological polar surface area (TPSA) is 71.3 Å². The second-order valence-electron chi connectivity index (χ2n) is 6.24. The number of anilines is 2. The van der Waals surface area contributed by atoms with Crippen LogP contribution in [0.15, 0.2) is 59.1 Å². The third kappa shape index (κ3) is 3.44. The molecule has 26 heavy (non-hydrogen) atoms. The molecule has 1 N–H and O–H groups in total. The Kier molecular flexibility index (Phi) is 4.64. The van der Waals surface area contributed by atoms with Gasteiger partial charge in [0.05, 0.1) is 0 Å². The van der Waals surface area contributed by atoms with Crippen molar-refractivity contribution in [2.45, 2.75) is 19.3 Å². The average Bonchev–Trinajstić information content (AvgIpc) is 3.33. The Balaban J connectivity index is 1.26. The number of para-hydroxylation sites is 1. The van der Waals surface area contributed by atoms with Crippen LogP contribution in [0.4, 0.5) is 11.6 Å². The number of hydrogen-bond donors (Lipinski definition) is 1. The Labute approximate surface area is 151 Å². The fraction of sp³-hybridized carbons (Fsp3) is 0.250. The van der Waals surface area contributed by atoms with Crippen molar-refractivity contribution in [2.24, 2.45) is 0 Å². The van der Waals surface area contributed by atoms with Crippen molar-refractivity contribution in [3.8, 4) is 11.5 Å². The molecule has 2 heterocycles. The summed E-state index contributed by atoms with van der Waals surface area (Å²) in [6, 6.07) is 17.7. The second-order valence-corrected chi connectivity index (χ2v) is 6.24. The molecule has 0 atom stereocenters. The van der Waals surface area contributed by atoms with Crippen molar-refractivity contribution in [2.75, 3.05) is 23.3 Å². The summed E-state index contributed by atoms with van der Waals surface area (Å²) in [7, 11) is 0. The van der Waals surface area contributed by atoms with Gasteiger partial charge in [-0.3, -0.25) is 4.79 Å². The van der Waals surface area contributed by atoms with Crippen LogP contribution in [0, 0.1) is 0 Å². The van der Waals surface area contributed by atoms with E-state index in [-0.39, 0.29) is 5.91 Å². The zero-order chi connectivity index (χ0) is 17.8. The third-order valence-corrected chi connectivity index (χ3v) is 4.49. The van der Waals surface area contributed by atoms with Gasteiger partial charge >= 0.3 is 0 Å². The van der Waals surface area contributed by atoms with Crippen LogP contribution in [0.2, 0.25) is 0 Å². The van der Waals surface area contributed by atoms with Gasteiger partial charge in [0.25, 0.3) is 11.8 Å². The van der Waals surface area contributed by atoms with E-state index in [1.165, 1.54) is 5.56 Å². The van der Waals surface area contributed by atoms with Crippen molar-refractivity contribution in [1.82, 2.24) is 10.1 Å². The minimum Gasteiger partial charge on any atom is -0.352 e. The van der Waals surface area contributed by atoms with E-state index in [2.05, 4.69) is 21.5 Å². The summed E-state index contributed by atoms with van der Waals surface area (Å²) in [5, 5.41) is 7.04. The minimum absolute atomic E-state index is 0.162. The van der Waals surface area contributed by atoms with E-state index in [1.807, 2.05) is 53.4 Å². The lowest BCUT2D eigenvalue weighted by molar-refractivity contribution is -0.118. The maximum absolute atomic E-state index is 12.5. The largest absolute Gasteiger partial charge is 0.352 e. The SMILES string of the molecule is O=C(CCCNc1noc(-c2ccccc2)n1)N1CCc2ccccc21. The predicted octanol–water partition coefficient (Wildman–Crippen LogP) is 3.52. The number of hydrogen-bond acceptors (Lipinski definition) is 5. The maximum Gasteiger partial charge on any atom is 0.263 e. The normalized spacial score (nSPS) is 12.8. The van der Waals surface area contributed by atoms with Crippen molar-refractivity contribution in [3.05, 3.63) is 60.2 Å². The van der Waals surface area contributed by atoms with Gasteiger partial charge in [0.1, 0.15) is 0 Å². The molecule has 0 saturated heterocycles. The molecular formula is C20H20N4O2. The highest BCUT2D eigenvalue weighted by atomic mass is 16.5. The summed E-state index contributed by atoms with van der Waals surface area (Å²) in [4.78, 5) is 18.7. The number of fused-ring (bicyclic) bond motifs is 1. The van der Waals surface area contributed by atoms with E-state index in [0.717, 1.165) is 24.2 Å². The van der Waals surface area contributed by atoms with Gasteiger partial charge in [-0.1, -0.05) is 36.4 Å². The van der Waals surface area contributed by atoms with Gasteiger partial charge in [0.2, 0.25) is 5.91 Å². The number of nitrogens with zero attached hydrogens (tertiary/aromatic N) is 3. The first-order valence-electron chi connectivity index (χ1n) is 8.82. The molecule has 2 aromatic carbocycles. The molecular weight excluding hydrogens is 328 g/mol. The predicted molar refractivity (Wildman–Crippen MR) is 100.0 cm³/mol. The molecule has 0 aliphatic carbocycles. The number of benzene rings is 2. The van der Waals surface area contributed by atoms with Crippen LogP contribution in [-0.4, -0.2) is 29.1 Å². The molecule has 3 aromatic rings. The van der Waals surface area contributed by atoms with Crippen LogP contribution < -0.4 is 10.2 Å². The molecule has 4 rings (SSSR count). The summed E-state index contributed by atoms with van der Waals surface area (Å²) < 4.78 is 5.25. The Morgan fingerprint density at radius 3 is 2.81 bits per heavy atom. The minimum atomic E-state index is 0.162. The van der Waals surface area contributed by atoms with Crippen LogP contribution in [0.1, 0.15) is 18.4 Å². The van der Waals surface area contributed by atoms with Crippen LogP contribution in [0.25, 0.3) is 11.5 Å². The first-order chi connectivity index (χ1) is 12.8. The van der Waals surface area contributed by atoms with E-state index < -0.39 is 0 Å². The van der Waals surface area contributed by atoms with Crippen LogP contribution >= 0.6 is 0 Å². The number of carbonyl (C=O) groups is 1. The number of aromatic nitrogens is 2. The number of rotatable bonds is 6. The molecule has 6 nitrogen and oxygen atoms in total. The Morgan fingerprint density at radius 2 is 1.92 bits per heavy atom. The van der Waals surface area contributed by atoms with Gasteiger partial charge in [-0.25, -0.2) is 0 Å². The monoisotopic (exact) mass is 348 g/mol. The molecule has 0 saturated carbocycles. The molecule has 1 aromatic heterocycles. The first kappa shape index (κ1) is 16.3. The molecule has 6 heteroatoms. The lowest BCUT2D eigenvalue weighted by Crippen LogP contribution is -2.29. The van der Waals surface area contributed by atoms with Gasteiger partial charge in [-0.15, -0.1) is 0 Å². The van der Waals surface area contributed by atoms with Gasteiger partial charge < -0.3 is 14.7 Å². The van der Waals surface area contributed by atoms with Crippen LogP contribution in [0.5, 0.6) is 0 Å². The molecule has 1 aliphatic heterocycles. The van der Waals surface area contributed by atoms with Gasteiger partial charge in [0.15, 0.2) is 0 Å². The zero-order valence-corrected chi connectivity index (χ0v) is 14.4. The van der Waals surface area contributed by atoms with Gasteiger partial charge in [-0.05, 0) is 41.8 Å². The first-order valence-corrected chi connectivity index (χ1v) is 8.82. The van der Waals surface area contributed by atoms with Crippen molar-refractivity contribution in [1.29, 1.82) is 0 Å². The third-order valence-electron chi connectivity index (χ3n) is 4.49. The fourth-order valence-corrected chi connectivity index (χ4v) is 3.17.